The molecule has 96 valence electrons. The molecule has 0 spiro atoms. The Kier molecular flexibility index (Phi) is 4.68. The van der Waals surface area contributed by atoms with Crippen molar-refractivity contribution in [3.05, 3.63) is 70.6 Å². The Morgan fingerprint density at radius 1 is 1.05 bits per heavy atom. The highest BCUT2D eigenvalue weighted by Gasteiger charge is 1.95. The van der Waals surface area contributed by atoms with Gasteiger partial charge in [-0.3, -0.25) is 4.99 Å². The molecule has 0 radical (unpaired) electrons. The van der Waals surface area contributed by atoms with Crippen LogP contribution >= 0.6 is 0 Å². The number of hydrogen-bond donors (Lipinski definition) is 0. The highest BCUT2D eigenvalue weighted by atomic mass is 14.7. The molecule has 0 saturated carbocycles. The second kappa shape index (κ2) is 6.69. The van der Waals surface area contributed by atoms with Gasteiger partial charge in [0, 0.05) is 17.1 Å². The highest BCUT2D eigenvalue weighted by molar-refractivity contribution is 5.82. The number of nitrogens with zero attached hydrogens (tertiary/aromatic N) is 1. The maximum Gasteiger partial charge on any atom is 0.0481 e. The van der Waals surface area contributed by atoms with Gasteiger partial charge in [0.25, 0.3) is 0 Å². The van der Waals surface area contributed by atoms with Gasteiger partial charge in [-0.15, -0.1) is 0 Å². The van der Waals surface area contributed by atoms with Crippen LogP contribution < -0.4 is 10.4 Å². The topological polar surface area (TPSA) is 12.4 Å². The average molecular weight is 249 g/mol. The predicted octanol–water partition coefficient (Wildman–Crippen LogP) is 3.12. The lowest BCUT2D eigenvalue weighted by molar-refractivity contribution is 0.954. The summed E-state index contributed by atoms with van der Waals surface area (Å²) in [4.78, 5) is 4.67. The molecule has 0 fully saturated rings. The summed E-state index contributed by atoms with van der Waals surface area (Å²) >= 11 is 0. The third-order valence-electron chi connectivity index (χ3n) is 2.98. The van der Waals surface area contributed by atoms with E-state index in [1.807, 2.05) is 42.6 Å². The zero-order chi connectivity index (χ0) is 13.5. The van der Waals surface area contributed by atoms with Gasteiger partial charge >= 0.3 is 0 Å². The van der Waals surface area contributed by atoms with Gasteiger partial charge in [0.1, 0.15) is 0 Å². The van der Waals surface area contributed by atoms with Crippen LogP contribution in [0.5, 0.6) is 0 Å². The summed E-state index contributed by atoms with van der Waals surface area (Å²) in [6, 6.07) is 18.4. The molecule has 0 N–H and O–H groups in total. The normalized spacial score (nSPS) is 12.7. The van der Waals surface area contributed by atoms with Crippen molar-refractivity contribution in [1.29, 1.82) is 0 Å². The van der Waals surface area contributed by atoms with Crippen molar-refractivity contribution in [2.24, 2.45) is 4.99 Å². The first-order valence-electron chi connectivity index (χ1n) is 6.67. The van der Waals surface area contributed by atoms with Crippen LogP contribution in [0.2, 0.25) is 0 Å². The Hall–Kier alpha value is -2.15. The first-order chi connectivity index (χ1) is 9.31. The lowest BCUT2D eigenvalue weighted by atomic mass is 10.1. The Labute approximate surface area is 114 Å². The smallest absolute Gasteiger partial charge is 0.0481 e. The molecule has 0 heterocycles. The fraction of sp³-hybridized carbons (Fsp3) is 0.167. The van der Waals surface area contributed by atoms with Gasteiger partial charge < -0.3 is 0 Å². The van der Waals surface area contributed by atoms with Crippen LogP contribution in [-0.4, -0.2) is 6.21 Å². The summed E-state index contributed by atoms with van der Waals surface area (Å²) in [7, 11) is 0. The summed E-state index contributed by atoms with van der Waals surface area (Å²) in [5, 5.41) is 2.19. The van der Waals surface area contributed by atoms with E-state index in [0.29, 0.717) is 0 Å². The molecule has 0 saturated heterocycles. The van der Waals surface area contributed by atoms with Gasteiger partial charge in [0.15, 0.2) is 0 Å². The van der Waals surface area contributed by atoms with Gasteiger partial charge in [0.2, 0.25) is 0 Å². The minimum Gasteiger partial charge on any atom is -0.260 e. The lowest BCUT2D eigenvalue weighted by Gasteiger charge is -2.00. The predicted molar refractivity (Wildman–Crippen MR) is 83.6 cm³/mol. The average Bonchev–Trinajstić information content (AvgIpc) is 2.45. The van der Waals surface area contributed by atoms with Crippen molar-refractivity contribution in [3.63, 3.8) is 0 Å². The van der Waals surface area contributed by atoms with Crippen LogP contribution in [0.1, 0.15) is 25.3 Å². The molecule has 19 heavy (non-hydrogen) atoms. The molecule has 0 aliphatic heterocycles. The molecule has 0 atom stereocenters. The summed E-state index contributed by atoms with van der Waals surface area (Å²) in [5.41, 5.74) is 2.23. The van der Waals surface area contributed by atoms with Crippen molar-refractivity contribution in [3.8, 4) is 0 Å². The van der Waals surface area contributed by atoms with Gasteiger partial charge in [-0.1, -0.05) is 74.5 Å². The van der Waals surface area contributed by atoms with Crippen LogP contribution in [0.25, 0.3) is 12.3 Å². The van der Waals surface area contributed by atoms with E-state index in [0.717, 1.165) is 34.5 Å². The molecule has 2 rings (SSSR count). The third kappa shape index (κ3) is 3.65. The molecule has 1 nitrogen and oxygen atoms in total. The molecule has 0 amide bonds. The quantitative estimate of drug-likeness (QED) is 0.738. The maximum absolute atomic E-state index is 4.67. The monoisotopic (exact) mass is 249 g/mol. The zero-order valence-corrected chi connectivity index (χ0v) is 11.3. The van der Waals surface area contributed by atoms with Crippen LogP contribution in [0.3, 0.4) is 0 Å². The zero-order valence-electron chi connectivity index (χ0n) is 11.3. The van der Waals surface area contributed by atoms with E-state index in [-0.39, 0.29) is 0 Å². The van der Waals surface area contributed by atoms with Crippen LogP contribution in [0.15, 0.2) is 59.6 Å². The highest BCUT2D eigenvalue weighted by Crippen LogP contribution is 2.06. The first-order valence-corrected chi connectivity index (χ1v) is 6.67. The van der Waals surface area contributed by atoms with E-state index in [2.05, 4.69) is 36.7 Å². The molecule has 0 unspecified atom stereocenters. The molecule has 2 aromatic rings. The molecule has 0 aliphatic rings. The van der Waals surface area contributed by atoms with E-state index in [9.17, 15) is 0 Å². The molecular formula is C18H19N. The van der Waals surface area contributed by atoms with Gasteiger partial charge in [0.05, 0.1) is 0 Å². The SMILES string of the molecule is C=c1cccc/c1=C(\CCC)N=Cc1ccccc1. The molecule has 0 aromatic heterocycles. The van der Waals surface area contributed by atoms with Crippen molar-refractivity contribution < 1.29 is 0 Å². The Morgan fingerprint density at radius 3 is 2.42 bits per heavy atom. The molecule has 0 bridgehead atoms. The maximum atomic E-state index is 4.67. The van der Waals surface area contributed by atoms with E-state index in [4.69, 9.17) is 0 Å². The fourth-order valence-corrected chi connectivity index (χ4v) is 2.00. The van der Waals surface area contributed by atoms with Crippen molar-refractivity contribution >= 4 is 18.5 Å². The number of rotatable bonds is 4. The van der Waals surface area contributed by atoms with Gasteiger partial charge in [-0.2, -0.15) is 0 Å². The summed E-state index contributed by atoms with van der Waals surface area (Å²) in [5.74, 6) is 0. The minimum atomic E-state index is 0.968. The second-order valence-corrected chi connectivity index (χ2v) is 4.52. The Morgan fingerprint density at radius 2 is 1.74 bits per heavy atom. The lowest BCUT2D eigenvalue weighted by Crippen LogP contribution is -2.24. The molecule has 1 heteroatoms. The van der Waals surface area contributed by atoms with Gasteiger partial charge in [-0.25, -0.2) is 0 Å². The summed E-state index contributed by atoms with van der Waals surface area (Å²) in [6.07, 6.45) is 3.98. The van der Waals surface area contributed by atoms with E-state index in [1.165, 1.54) is 0 Å². The molecular weight excluding hydrogens is 230 g/mol. The van der Waals surface area contributed by atoms with Crippen LogP contribution in [0.4, 0.5) is 0 Å². The number of hydrogen-bond acceptors (Lipinski definition) is 1. The first kappa shape index (κ1) is 13.3. The Bertz CT molecular complexity index is 654. The number of benzene rings is 2. The van der Waals surface area contributed by atoms with Gasteiger partial charge in [-0.05, 0) is 17.2 Å². The fourth-order valence-electron chi connectivity index (χ4n) is 2.00. The minimum absolute atomic E-state index is 0.968. The van der Waals surface area contributed by atoms with Crippen molar-refractivity contribution in [2.75, 3.05) is 0 Å². The van der Waals surface area contributed by atoms with Crippen LogP contribution in [-0.2, 0) is 0 Å². The number of aliphatic imine (C=N–C) groups is 1. The van der Waals surface area contributed by atoms with E-state index in [1.54, 1.807) is 0 Å². The molecule has 0 aliphatic carbocycles. The second-order valence-electron chi connectivity index (χ2n) is 4.52. The Balaban J connectivity index is 2.43. The van der Waals surface area contributed by atoms with E-state index < -0.39 is 0 Å². The summed E-state index contributed by atoms with van der Waals surface area (Å²) < 4.78 is 0. The van der Waals surface area contributed by atoms with Crippen molar-refractivity contribution in [2.45, 2.75) is 19.8 Å². The largest absolute Gasteiger partial charge is 0.260 e. The van der Waals surface area contributed by atoms with Crippen LogP contribution in [0, 0.1) is 0 Å². The third-order valence-corrected chi connectivity index (χ3v) is 2.98. The van der Waals surface area contributed by atoms with E-state index >= 15 is 0 Å². The standard InChI is InChI=1S/C18H19N/c1-3-9-18(17-13-8-7-10-15(17)2)19-14-16-11-5-4-6-12-16/h4-8,10-14H,2-3,9H2,1H3/b18-17-,19-14?. The summed E-state index contributed by atoms with van der Waals surface area (Å²) in [6.45, 7) is 6.25. The molecule has 2 aromatic carbocycles. The van der Waals surface area contributed by atoms with Crippen molar-refractivity contribution in [1.82, 2.24) is 0 Å².